The first-order chi connectivity index (χ1) is 14.6. The Morgan fingerprint density at radius 1 is 1.07 bits per heavy atom. The Bertz CT molecular complexity index is 1180. The first kappa shape index (κ1) is 19.3. The van der Waals surface area contributed by atoms with Gasteiger partial charge in [0.1, 0.15) is 11.6 Å². The van der Waals surface area contributed by atoms with Crippen LogP contribution in [0.3, 0.4) is 0 Å². The number of anilines is 3. The molecule has 4 rings (SSSR count). The van der Waals surface area contributed by atoms with Crippen molar-refractivity contribution in [2.24, 2.45) is 7.05 Å². The van der Waals surface area contributed by atoms with Crippen LogP contribution in [0, 0.1) is 5.82 Å². The van der Waals surface area contributed by atoms with E-state index in [1.807, 2.05) is 30.3 Å². The second-order valence-corrected chi connectivity index (χ2v) is 6.64. The normalized spacial score (nSPS) is 10.6. The highest BCUT2D eigenvalue weighted by Crippen LogP contribution is 2.24. The highest BCUT2D eigenvalue weighted by atomic mass is 19.1. The molecule has 7 nitrogen and oxygen atoms in total. The van der Waals surface area contributed by atoms with Gasteiger partial charge in [0.15, 0.2) is 0 Å². The van der Waals surface area contributed by atoms with E-state index in [9.17, 15) is 9.18 Å². The molecule has 8 heteroatoms. The highest BCUT2D eigenvalue weighted by molar-refractivity contribution is 5.92. The van der Waals surface area contributed by atoms with Crippen LogP contribution in [-0.2, 0) is 18.3 Å². The van der Waals surface area contributed by atoms with E-state index in [2.05, 4.69) is 25.7 Å². The quantitative estimate of drug-likeness (QED) is 0.510. The number of carbonyl (C=O) groups is 1. The lowest BCUT2D eigenvalue weighted by Gasteiger charge is -2.09. The highest BCUT2D eigenvalue weighted by Gasteiger charge is 2.11. The zero-order chi connectivity index (χ0) is 20.9. The van der Waals surface area contributed by atoms with Gasteiger partial charge < -0.3 is 10.6 Å². The van der Waals surface area contributed by atoms with Crippen molar-refractivity contribution in [3.63, 3.8) is 0 Å². The van der Waals surface area contributed by atoms with E-state index in [4.69, 9.17) is 0 Å². The van der Waals surface area contributed by atoms with Crippen LogP contribution in [0.25, 0.3) is 11.3 Å². The molecule has 0 aliphatic carbocycles. The van der Waals surface area contributed by atoms with Gasteiger partial charge in [-0.15, -0.1) is 0 Å². The number of nitrogens with zero attached hydrogens (tertiary/aromatic N) is 4. The lowest BCUT2D eigenvalue weighted by molar-refractivity contribution is -0.115. The molecule has 2 heterocycles. The van der Waals surface area contributed by atoms with E-state index in [1.54, 1.807) is 42.3 Å². The van der Waals surface area contributed by atoms with Crippen LogP contribution in [-0.4, -0.2) is 25.7 Å². The summed E-state index contributed by atoms with van der Waals surface area (Å²) in [7, 11) is 1.80. The molecule has 1 amide bonds. The average Bonchev–Trinajstić information content (AvgIpc) is 3.15. The molecule has 0 aliphatic heterocycles. The summed E-state index contributed by atoms with van der Waals surface area (Å²) in [6.45, 7) is 0. The number of nitrogens with one attached hydrogen (secondary N) is 2. The van der Waals surface area contributed by atoms with Crippen molar-refractivity contribution in [1.29, 1.82) is 0 Å². The molecule has 2 aromatic carbocycles. The van der Waals surface area contributed by atoms with Gasteiger partial charge >= 0.3 is 0 Å². The van der Waals surface area contributed by atoms with Crippen molar-refractivity contribution in [2.75, 3.05) is 10.6 Å². The number of halogens is 1. The standard InChI is InChI=1S/C22H19FN6O/c1-29-20(10-12-25-29)28-22-24-11-9-18(27-22)16-7-8-19(17(23)14-16)26-21(30)13-15-5-3-2-4-6-15/h2-12,14H,13H2,1H3,(H,26,30)(H,24,27,28). The SMILES string of the molecule is Cn1nccc1Nc1nccc(-c2ccc(NC(=O)Cc3ccccc3)c(F)c2)n1. The van der Waals surface area contributed by atoms with Crippen molar-refractivity contribution < 1.29 is 9.18 Å². The maximum Gasteiger partial charge on any atom is 0.228 e. The summed E-state index contributed by atoms with van der Waals surface area (Å²) < 4.78 is 16.3. The minimum Gasteiger partial charge on any atom is -0.323 e. The number of hydrogen-bond donors (Lipinski definition) is 2. The van der Waals surface area contributed by atoms with Crippen molar-refractivity contribution in [2.45, 2.75) is 6.42 Å². The largest absolute Gasteiger partial charge is 0.323 e. The van der Waals surface area contributed by atoms with Crippen molar-refractivity contribution in [3.05, 3.63) is 84.4 Å². The third kappa shape index (κ3) is 4.49. The van der Waals surface area contributed by atoms with E-state index in [1.165, 1.54) is 12.1 Å². The van der Waals surface area contributed by atoms with E-state index in [-0.39, 0.29) is 18.0 Å². The Kier molecular flexibility index (Phi) is 5.47. The van der Waals surface area contributed by atoms with Crippen LogP contribution in [0.2, 0.25) is 0 Å². The average molecular weight is 402 g/mol. The molecule has 30 heavy (non-hydrogen) atoms. The monoisotopic (exact) mass is 402 g/mol. The van der Waals surface area contributed by atoms with Gasteiger partial charge in [0.05, 0.1) is 24.0 Å². The molecule has 150 valence electrons. The summed E-state index contributed by atoms with van der Waals surface area (Å²) in [5.74, 6) is 0.290. The van der Waals surface area contributed by atoms with Gasteiger partial charge in [0, 0.05) is 24.9 Å². The van der Waals surface area contributed by atoms with E-state index in [0.29, 0.717) is 17.2 Å². The molecule has 0 saturated heterocycles. The summed E-state index contributed by atoms with van der Waals surface area (Å²) in [6, 6.07) is 17.4. The lowest BCUT2D eigenvalue weighted by Crippen LogP contribution is -2.15. The minimum absolute atomic E-state index is 0.127. The Labute approximate surface area is 172 Å². The number of aromatic nitrogens is 4. The Morgan fingerprint density at radius 2 is 1.90 bits per heavy atom. The predicted molar refractivity (Wildman–Crippen MR) is 113 cm³/mol. The zero-order valence-corrected chi connectivity index (χ0v) is 16.2. The fourth-order valence-corrected chi connectivity index (χ4v) is 2.94. The number of aryl methyl sites for hydroxylation is 1. The van der Waals surface area contributed by atoms with Crippen LogP contribution < -0.4 is 10.6 Å². The minimum atomic E-state index is -0.534. The predicted octanol–water partition coefficient (Wildman–Crippen LogP) is 3.94. The topological polar surface area (TPSA) is 84.7 Å². The maximum absolute atomic E-state index is 14.6. The Hall–Kier alpha value is -4.07. The fourth-order valence-electron chi connectivity index (χ4n) is 2.94. The number of hydrogen-bond acceptors (Lipinski definition) is 5. The molecule has 0 unspecified atom stereocenters. The molecule has 2 N–H and O–H groups in total. The van der Waals surface area contributed by atoms with Crippen LogP contribution in [0.5, 0.6) is 0 Å². The Morgan fingerprint density at radius 3 is 2.63 bits per heavy atom. The molecule has 0 radical (unpaired) electrons. The van der Waals surface area contributed by atoms with Crippen LogP contribution >= 0.6 is 0 Å². The second-order valence-electron chi connectivity index (χ2n) is 6.64. The molecule has 0 saturated carbocycles. The summed E-state index contributed by atoms with van der Waals surface area (Å²) in [5.41, 5.74) is 2.11. The summed E-state index contributed by atoms with van der Waals surface area (Å²) in [5, 5.41) is 9.76. The van der Waals surface area contributed by atoms with Gasteiger partial charge in [0.25, 0.3) is 0 Å². The number of amides is 1. The third-order valence-electron chi connectivity index (χ3n) is 4.46. The maximum atomic E-state index is 14.6. The zero-order valence-electron chi connectivity index (χ0n) is 16.2. The van der Waals surface area contributed by atoms with E-state index >= 15 is 0 Å². The number of rotatable bonds is 6. The molecule has 0 spiro atoms. The first-order valence-corrected chi connectivity index (χ1v) is 9.30. The molecule has 0 aliphatic rings. The third-order valence-corrected chi connectivity index (χ3v) is 4.46. The first-order valence-electron chi connectivity index (χ1n) is 9.30. The van der Waals surface area contributed by atoms with Crippen molar-refractivity contribution >= 4 is 23.4 Å². The van der Waals surface area contributed by atoms with Gasteiger partial charge in [-0.25, -0.2) is 14.4 Å². The van der Waals surface area contributed by atoms with Crippen molar-refractivity contribution in [3.8, 4) is 11.3 Å². The molecule has 2 aromatic heterocycles. The van der Waals surface area contributed by atoms with E-state index in [0.717, 1.165) is 11.4 Å². The van der Waals surface area contributed by atoms with Crippen LogP contribution in [0.15, 0.2) is 73.1 Å². The van der Waals surface area contributed by atoms with Gasteiger partial charge in [-0.3, -0.25) is 9.48 Å². The molecular weight excluding hydrogens is 383 g/mol. The summed E-state index contributed by atoms with van der Waals surface area (Å²) in [6.07, 6.45) is 3.43. The molecule has 0 bridgehead atoms. The van der Waals surface area contributed by atoms with E-state index < -0.39 is 5.82 Å². The van der Waals surface area contributed by atoms with Gasteiger partial charge in [-0.2, -0.15) is 5.10 Å². The Balaban J connectivity index is 1.48. The molecule has 4 aromatic rings. The lowest BCUT2D eigenvalue weighted by atomic mass is 10.1. The van der Waals surface area contributed by atoms with Crippen LogP contribution in [0.1, 0.15) is 5.56 Å². The molecule has 0 fully saturated rings. The molecule has 0 atom stereocenters. The summed E-state index contributed by atoms with van der Waals surface area (Å²) in [4.78, 5) is 20.8. The molecular formula is C22H19FN6O. The van der Waals surface area contributed by atoms with Gasteiger partial charge in [-0.1, -0.05) is 36.4 Å². The smallest absolute Gasteiger partial charge is 0.228 e. The number of benzene rings is 2. The second kappa shape index (κ2) is 8.52. The summed E-state index contributed by atoms with van der Waals surface area (Å²) >= 11 is 0. The van der Waals surface area contributed by atoms with Crippen LogP contribution in [0.4, 0.5) is 21.8 Å². The van der Waals surface area contributed by atoms with Gasteiger partial charge in [0.2, 0.25) is 11.9 Å². The fraction of sp³-hybridized carbons (Fsp3) is 0.0909. The number of carbonyl (C=O) groups excluding carboxylic acids is 1. The van der Waals surface area contributed by atoms with Crippen molar-refractivity contribution in [1.82, 2.24) is 19.7 Å². The van der Waals surface area contributed by atoms with Gasteiger partial charge in [-0.05, 0) is 23.8 Å².